The second-order valence-corrected chi connectivity index (χ2v) is 7.31. The van der Waals surface area contributed by atoms with Crippen LogP contribution in [0.3, 0.4) is 0 Å². The van der Waals surface area contributed by atoms with Gasteiger partial charge in [-0.05, 0) is 42.3 Å². The topological polar surface area (TPSA) is 89.3 Å². The van der Waals surface area contributed by atoms with Crippen LogP contribution in [0.2, 0.25) is 10.0 Å². The number of halogens is 2. The van der Waals surface area contributed by atoms with Gasteiger partial charge < -0.3 is 5.32 Å². The van der Waals surface area contributed by atoms with Crippen molar-refractivity contribution in [2.24, 2.45) is 5.14 Å². The lowest BCUT2D eigenvalue weighted by atomic mass is 10.2. The Bertz CT molecular complexity index is 925. The van der Waals surface area contributed by atoms with Crippen LogP contribution in [0.5, 0.6) is 0 Å². The van der Waals surface area contributed by atoms with E-state index in [0.717, 1.165) is 0 Å². The monoisotopic (exact) mass is 384 g/mol. The quantitative estimate of drug-likeness (QED) is 0.788. The maximum absolute atomic E-state index is 12.0. The van der Waals surface area contributed by atoms with E-state index in [1.807, 2.05) is 0 Å². The molecule has 0 radical (unpaired) electrons. The van der Waals surface area contributed by atoms with Gasteiger partial charge in [0.15, 0.2) is 0 Å². The number of aryl methyl sites for hydroxylation is 1. The van der Waals surface area contributed by atoms with E-state index in [1.165, 1.54) is 18.2 Å². The molecule has 0 saturated heterocycles. The fourth-order valence-electron chi connectivity index (χ4n) is 1.98. The van der Waals surface area contributed by atoms with Gasteiger partial charge in [0, 0.05) is 11.8 Å². The number of carbonyl (C=O) groups excluding carboxylic acids is 1. The molecule has 0 bridgehead atoms. The summed E-state index contributed by atoms with van der Waals surface area (Å²) in [5, 5.41) is 8.43. The molecular formula is C16H14Cl2N2O3S. The Morgan fingerprint density at radius 1 is 1.21 bits per heavy atom. The Hall–Kier alpha value is -1.86. The highest BCUT2D eigenvalue weighted by Crippen LogP contribution is 2.26. The summed E-state index contributed by atoms with van der Waals surface area (Å²) in [6.45, 7) is 1.62. The van der Waals surface area contributed by atoms with Crippen LogP contribution in [0.1, 0.15) is 11.1 Å². The number of rotatable bonds is 4. The zero-order chi connectivity index (χ0) is 17.9. The van der Waals surface area contributed by atoms with E-state index < -0.39 is 15.9 Å². The van der Waals surface area contributed by atoms with Crippen molar-refractivity contribution in [1.82, 2.24) is 0 Å². The predicted molar refractivity (Wildman–Crippen MR) is 96.7 cm³/mol. The van der Waals surface area contributed by atoms with Crippen LogP contribution in [0.4, 0.5) is 5.69 Å². The fourth-order valence-corrected chi connectivity index (χ4v) is 3.16. The molecule has 0 unspecified atom stereocenters. The summed E-state index contributed by atoms with van der Waals surface area (Å²) in [5.41, 5.74) is 1.40. The van der Waals surface area contributed by atoms with Crippen molar-refractivity contribution < 1.29 is 13.2 Å². The van der Waals surface area contributed by atoms with E-state index in [-0.39, 0.29) is 4.90 Å². The third-order valence-electron chi connectivity index (χ3n) is 3.16. The average Bonchev–Trinajstić information content (AvgIpc) is 2.49. The summed E-state index contributed by atoms with van der Waals surface area (Å²) in [6, 6.07) is 9.52. The Labute approximate surface area is 150 Å². The van der Waals surface area contributed by atoms with E-state index in [9.17, 15) is 13.2 Å². The first-order valence-corrected chi connectivity index (χ1v) is 9.05. The molecular weight excluding hydrogens is 371 g/mol. The number of hydrogen-bond donors (Lipinski definition) is 2. The lowest BCUT2D eigenvalue weighted by Crippen LogP contribution is -2.15. The maximum Gasteiger partial charge on any atom is 0.248 e. The van der Waals surface area contributed by atoms with Gasteiger partial charge in [0.05, 0.1) is 14.9 Å². The van der Waals surface area contributed by atoms with Gasteiger partial charge in [0.2, 0.25) is 15.9 Å². The zero-order valence-corrected chi connectivity index (χ0v) is 14.9. The molecule has 5 nitrogen and oxygen atoms in total. The molecule has 0 atom stereocenters. The highest BCUT2D eigenvalue weighted by atomic mass is 35.5. The number of nitrogens with two attached hydrogens (primary N) is 1. The number of nitrogens with one attached hydrogen (secondary N) is 1. The molecule has 0 aromatic heterocycles. The van der Waals surface area contributed by atoms with E-state index in [4.69, 9.17) is 28.3 Å². The molecule has 0 heterocycles. The van der Waals surface area contributed by atoms with Crippen LogP contribution in [-0.2, 0) is 14.8 Å². The summed E-state index contributed by atoms with van der Waals surface area (Å²) in [5.74, 6) is -0.449. The Morgan fingerprint density at radius 2 is 1.92 bits per heavy atom. The van der Waals surface area contributed by atoms with E-state index in [0.29, 0.717) is 26.9 Å². The van der Waals surface area contributed by atoms with E-state index >= 15 is 0 Å². The molecule has 1 amide bonds. The first-order chi connectivity index (χ1) is 11.2. The molecule has 3 N–H and O–H groups in total. The van der Waals surface area contributed by atoms with Gasteiger partial charge in [-0.3, -0.25) is 4.79 Å². The minimum Gasteiger partial charge on any atom is -0.322 e. The van der Waals surface area contributed by atoms with Crippen molar-refractivity contribution in [3.05, 3.63) is 63.6 Å². The SMILES string of the molecule is Cc1ccc(NC(=O)/C=C/c2cccc(Cl)c2Cl)cc1S(N)(=O)=O. The number of sulfonamides is 1. The molecule has 2 aromatic carbocycles. The first kappa shape index (κ1) is 18.5. The summed E-state index contributed by atoms with van der Waals surface area (Å²) >= 11 is 11.9. The van der Waals surface area contributed by atoms with Gasteiger partial charge in [-0.15, -0.1) is 0 Å². The normalized spacial score (nSPS) is 11.7. The molecule has 24 heavy (non-hydrogen) atoms. The van der Waals surface area contributed by atoms with Crippen LogP contribution < -0.4 is 10.5 Å². The maximum atomic E-state index is 12.0. The Balaban J connectivity index is 2.19. The van der Waals surface area contributed by atoms with Crippen LogP contribution in [-0.4, -0.2) is 14.3 Å². The Kier molecular flexibility index (Phi) is 5.66. The van der Waals surface area contributed by atoms with Crippen molar-refractivity contribution in [2.45, 2.75) is 11.8 Å². The van der Waals surface area contributed by atoms with Crippen molar-refractivity contribution in [2.75, 3.05) is 5.32 Å². The van der Waals surface area contributed by atoms with Crippen LogP contribution in [0.15, 0.2) is 47.4 Å². The third kappa shape index (κ3) is 4.58. The van der Waals surface area contributed by atoms with Gasteiger partial charge in [0.25, 0.3) is 0 Å². The van der Waals surface area contributed by atoms with Gasteiger partial charge in [-0.1, -0.05) is 41.4 Å². The lowest BCUT2D eigenvalue weighted by Gasteiger charge is -2.07. The molecule has 0 aliphatic heterocycles. The summed E-state index contributed by atoms with van der Waals surface area (Å²) in [6.07, 6.45) is 2.78. The standard InChI is InChI=1S/C16H14Cl2N2O3S/c1-10-5-7-12(9-14(10)24(19,22)23)20-15(21)8-6-11-3-2-4-13(17)16(11)18/h2-9H,1H3,(H,20,21)(H2,19,22,23)/b8-6+. The smallest absolute Gasteiger partial charge is 0.248 e. The van der Waals surface area contributed by atoms with Crippen molar-refractivity contribution >= 4 is 50.9 Å². The first-order valence-electron chi connectivity index (χ1n) is 6.75. The summed E-state index contributed by atoms with van der Waals surface area (Å²) < 4.78 is 23.0. The number of carbonyl (C=O) groups is 1. The second-order valence-electron chi connectivity index (χ2n) is 4.99. The molecule has 0 aliphatic carbocycles. The summed E-state index contributed by atoms with van der Waals surface area (Å²) in [4.78, 5) is 11.9. The largest absolute Gasteiger partial charge is 0.322 e. The minimum absolute atomic E-state index is 0.0397. The van der Waals surface area contributed by atoms with Gasteiger partial charge in [0.1, 0.15) is 0 Å². The minimum atomic E-state index is -3.86. The zero-order valence-electron chi connectivity index (χ0n) is 12.6. The highest BCUT2D eigenvalue weighted by Gasteiger charge is 2.12. The molecule has 126 valence electrons. The number of benzene rings is 2. The van der Waals surface area contributed by atoms with Gasteiger partial charge >= 0.3 is 0 Å². The fraction of sp³-hybridized carbons (Fsp3) is 0.0625. The van der Waals surface area contributed by atoms with E-state index in [2.05, 4.69) is 5.32 Å². The van der Waals surface area contributed by atoms with Crippen molar-refractivity contribution in [1.29, 1.82) is 0 Å². The predicted octanol–water partition coefficient (Wildman–Crippen LogP) is 3.60. The van der Waals surface area contributed by atoms with Gasteiger partial charge in [-0.2, -0.15) is 0 Å². The molecule has 2 aromatic rings. The molecule has 0 fully saturated rings. The molecule has 0 spiro atoms. The number of primary sulfonamides is 1. The van der Waals surface area contributed by atoms with Crippen LogP contribution >= 0.6 is 23.2 Å². The highest BCUT2D eigenvalue weighted by molar-refractivity contribution is 7.89. The molecule has 0 aliphatic rings. The Morgan fingerprint density at radius 3 is 2.58 bits per heavy atom. The molecule has 8 heteroatoms. The number of anilines is 1. The second kappa shape index (κ2) is 7.36. The lowest BCUT2D eigenvalue weighted by molar-refractivity contribution is -0.111. The number of hydrogen-bond acceptors (Lipinski definition) is 3. The molecule has 2 rings (SSSR count). The average molecular weight is 385 g/mol. The number of amides is 1. The van der Waals surface area contributed by atoms with Crippen LogP contribution in [0.25, 0.3) is 6.08 Å². The van der Waals surface area contributed by atoms with Crippen LogP contribution in [0, 0.1) is 6.92 Å². The third-order valence-corrected chi connectivity index (χ3v) is 5.04. The molecule has 0 saturated carbocycles. The summed E-state index contributed by atoms with van der Waals surface area (Å²) in [7, 11) is -3.86. The van der Waals surface area contributed by atoms with E-state index in [1.54, 1.807) is 37.3 Å². The van der Waals surface area contributed by atoms with Crippen molar-refractivity contribution in [3.63, 3.8) is 0 Å². The van der Waals surface area contributed by atoms with Crippen molar-refractivity contribution in [3.8, 4) is 0 Å². The van der Waals surface area contributed by atoms with Gasteiger partial charge in [-0.25, -0.2) is 13.6 Å².